The van der Waals surface area contributed by atoms with E-state index in [4.69, 9.17) is 5.11 Å². The van der Waals surface area contributed by atoms with Gasteiger partial charge in [0.25, 0.3) is 0 Å². The van der Waals surface area contributed by atoms with Gasteiger partial charge in [0.1, 0.15) is 0 Å². The van der Waals surface area contributed by atoms with Gasteiger partial charge in [0.05, 0.1) is 5.41 Å². The minimum absolute atomic E-state index is 0.298. The smallest absolute Gasteiger partial charge is 0.310 e. The Balaban J connectivity index is 2.31. The lowest BCUT2D eigenvalue weighted by Crippen LogP contribution is -2.43. The zero-order chi connectivity index (χ0) is 12.4. The lowest BCUT2D eigenvalue weighted by molar-refractivity contribution is -0.146. The quantitative estimate of drug-likeness (QED) is 0.733. The van der Waals surface area contributed by atoms with Crippen molar-refractivity contribution in [2.45, 2.75) is 47.0 Å². The highest BCUT2D eigenvalue weighted by molar-refractivity contribution is 5.73. The third-order valence-electron chi connectivity index (χ3n) is 3.94. The second kappa shape index (κ2) is 4.74. The summed E-state index contributed by atoms with van der Waals surface area (Å²) < 4.78 is 0. The summed E-state index contributed by atoms with van der Waals surface area (Å²) in [4.78, 5) is 10.9. The molecule has 0 saturated heterocycles. The Bertz CT molecular complexity index is 255. The van der Waals surface area contributed by atoms with Gasteiger partial charge < -0.3 is 10.4 Å². The van der Waals surface area contributed by atoms with Crippen LogP contribution in [0.3, 0.4) is 0 Å². The second-order valence-corrected chi connectivity index (χ2v) is 6.41. The van der Waals surface area contributed by atoms with Crippen LogP contribution in [0.1, 0.15) is 47.0 Å². The predicted octanol–water partition coefficient (Wildman–Crippen LogP) is 2.51. The first-order valence-electron chi connectivity index (χ1n) is 6.20. The number of carboxylic acids is 1. The van der Waals surface area contributed by atoms with E-state index in [9.17, 15) is 4.79 Å². The van der Waals surface area contributed by atoms with Gasteiger partial charge in [0, 0.05) is 13.1 Å². The maximum atomic E-state index is 10.9. The SMILES string of the molecule is CC(C)(CNCC(C)(C)C1CCC1)C(=O)O. The van der Waals surface area contributed by atoms with E-state index in [0.29, 0.717) is 12.0 Å². The van der Waals surface area contributed by atoms with E-state index in [1.165, 1.54) is 19.3 Å². The summed E-state index contributed by atoms with van der Waals surface area (Å²) in [5.74, 6) is 0.0781. The van der Waals surface area contributed by atoms with Gasteiger partial charge >= 0.3 is 5.97 Å². The maximum Gasteiger partial charge on any atom is 0.310 e. The van der Waals surface area contributed by atoms with E-state index in [0.717, 1.165) is 12.5 Å². The fraction of sp³-hybridized carbons (Fsp3) is 0.923. The molecule has 0 unspecified atom stereocenters. The molecule has 2 N–H and O–H groups in total. The third kappa shape index (κ3) is 3.21. The van der Waals surface area contributed by atoms with Crippen LogP contribution in [0.4, 0.5) is 0 Å². The lowest BCUT2D eigenvalue weighted by Gasteiger charge is -2.41. The first kappa shape index (κ1) is 13.5. The van der Waals surface area contributed by atoms with E-state index in [1.807, 2.05) is 0 Å². The van der Waals surface area contributed by atoms with E-state index < -0.39 is 11.4 Å². The molecule has 0 bridgehead atoms. The molecule has 1 aliphatic carbocycles. The molecule has 1 saturated carbocycles. The molecule has 0 amide bonds. The van der Waals surface area contributed by atoms with Crippen molar-refractivity contribution in [3.63, 3.8) is 0 Å². The van der Waals surface area contributed by atoms with Crippen molar-refractivity contribution >= 4 is 5.97 Å². The van der Waals surface area contributed by atoms with Gasteiger partial charge in [-0.1, -0.05) is 20.3 Å². The first-order chi connectivity index (χ1) is 7.26. The van der Waals surface area contributed by atoms with Crippen LogP contribution in [0.5, 0.6) is 0 Å². The molecule has 1 rings (SSSR count). The van der Waals surface area contributed by atoms with Crippen LogP contribution in [-0.4, -0.2) is 24.2 Å². The Kier molecular flexibility index (Phi) is 4.00. The van der Waals surface area contributed by atoms with Gasteiger partial charge in [-0.05, 0) is 38.0 Å². The van der Waals surface area contributed by atoms with Crippen molar-refractivity contribution in [3.8, 4) is 0 Å². The van der Waals surface area contributed by atoms with Crippen molar-refractivity contribution < 1.29 is 9.90 Å². The van der Waals surface area contributed by atoms with Crippen LogP contribution in [0.15, 0.2) is 0 Å². The van der Waals surface area contributed by atoms with Gasteiger partial charge in [-0.3, -0.25) is 4.79 Å². The molecule has 0 aromatic carbocycles. The molecule has 16 heavy (non-hydrogen) atoms. The largest absolute Gasteiger partial charge is 0.481 e. The van der Waals surface area contributed by atoms with Gasteiger partial charge in [-0.25, -0.2) is 0 Å². The van der Waals surface area contributed by atoms with E-state index in [1.54, 1.807) is 13.8 Å². The Morgan fingerprint density at radius 2 is 1.81 bits per heavy atom. The molecule has 0 atom stereocenters. The average Bonchev–Trinajstić information content (AvgIpc) is 1.97. The van der Waals surface area contributed by atoms with Crippen LogP contribution >= 0.6 is 0 Å². The minimum Gasteiger partial charge on any atom is -0.481 e. The van der Waals surface area contributed by atoms with Gasteiger partial charge in [0.15, 0.2) is 0 Å². The molecule has 1 fully saturated rings. The molecule has 1 aliphatic rings. The average molecular weight is 227 g/mol. The van der Waals surface area contributed by atoms with Crippen LogP contribution in [0, 0.1) is 16.7 Å². The van der Waals surface area contributed by atoms with Gasteiger partial charge in [-0.2, -0.15) is 0 Å². The Labute approximate surface area is 98.6 Å². The molecule has 0 aliphatic heterocycles. The fourth-order valence-electron chi connectivity index (χ4n) is 2.11. The number of aliphatic carboxylic acids is 1. The van der Waals surface area contributed by atoms with Crippen molar-refractivity contribution in [3.05, 3.63) is 0 Å². The van der Waals surface area contributed by atoms with Gasteiger partial charge in [0.2, 0.25) is 0 Å². The summed E-state index contributed by atoms with van der Waals surface area (Å²) >= 11 is 0. The summed E-state index contributed by atoms with van der Waals surface area (Å²) in [6.07, 6.45) is 4.02. The van der Waals surface area contributed by atoms with E-state index in [-0.39, 0.29) is 0 Å². The number of hydrogen-bond donors (Lipinski definition) is 2. The van der Waals surface area contributed by atoms with Crippen molar-refractivity contribution in [1.29, 1.82) is 0 Å². The number of nitrogens with one attached hydrogen (secondary N) is 1. The molecule has 0 spiro atoms. The highest BCUT2D eigenvalue weighted by atomic mass is 16.4. The molecule has 3 heteroatoms. The zero-order valence-corrected chi connectivity index (χ0v) is 11.0. The number of carbonyl (C=O) groups is 1. The van der Waals surface area contributed by atoms with Crippen LogP contribution in [0.25, 0.3) is 0 Å². The van der Waals surface area contributed by atoms with Crippen LogP contribution < -0.4 is 5.32 Å². The molecule has 0 aromatic heterocycles. The summed E-state index contributed by atoms with van der Waals surface area (Å²) in [5, 5.41) is 12.3. The monoisotopic (exact) mass is 227 g/mol. The Morgan fingerprint density at radius 1 is 1.25 bits per heavy atom. The summed E-state index contributed by atoms with van der Waals surface area (Å²) in [5.41, 5.74) is -0.372. The van der Waals surface area contributed by atoms with E-state index >= 15 is 0 Å². The first-order valence-corrected chi connectivity index (χ1v) is 6.20. The molecule has 94 valence electrons. The van der Waals surface area contributed by atoms with Crippen molar-refractivity contribution in [2.24, 2.45) is 16.7 Å². The highest BCUT2D eigenvalue weighted by Crippen LogP contribution is 2.41. The molecule has 0 aromatic rings. The van der Waals surface area contributed by atoms with Crippen molar-refractivity contribution in [2.75, 3.05) is 13.1 Å². The number of carboxylic acid groups (broad SMARTS) is 1. The number of rotatable bonds is 6. The topological polar surface area (TPSA) is 49.3 Å². The van der Waals surface area contributed by atoms with Gasteiger partial charge in [-0.15, -0.1) is 0 Å². The van der Waals surface area contributed by atoms with Crippen LogP contribution in [0.2, 0.25) is 0 Å². The molecular weight excluding hydrogens is 202 g/mol. The standard InChI is InChI=1S/C13H25NO2/c1-12(2,10-6-5-7-10)8-14-9-13(3,4)11(15)16/h10,14H,5-9H2,1-4H3,(H,15,16). The molecule has 3 nitrogen and oxygen atoms in total. The number of hydrogen-bond acceptors (Lipinski definition) is 2. The van der Waals surface area contributed by atoms with Crippen LogP contribution in [-0.2, 0) is 4.79 Å². The normalized spacial score (nSPS) is 18.2. The Hall–Kier alpha value is -0.570. The fourth-order valence-corrected chi connectivity index (χ4v) is 2.11. The summed E-state index contributed by atoms with van der Waals surface area (Å²) in [6.45, 7) is 9.53. The minimum atomic E-state index is -0.735. The zero-order valence-electron chi connectivity index (χ0n) is 11.0. The Morgan fingerprint density at radius 3 is 2.19 bits per heavy atom. The summed E-state index contributed by atoms with van der Waals surface area (Å²) in [6, 6.07) is 0. The highest BCUT2D eigenvalue weighted by Gasteiger charge is 2.34. The predicted molar refractivity (Wildman–Crippen MR) is 65.4 cm³/mol. The molecule has 0 heterocycles. The van der Waals surface area contributed by atoms with E-state index in [2.05, 4.69) is 19.2 Å². The third-order valence-corrected chi connectivity index (χ3v) is 3.94. The molecular formula is C13H25NO2. The molecule has 0 radical (unpaired) electrons. The maximum absolute atomic E-state index is 10.9. The summed E-state index contributed by atoms with van der Waals surface area (Å²) in [7, 11) is 0. The van der Waals surface area contributed by atoms with Crippen molar-refractivity contribution in [1.82, 2.24) is 5.32 Å². The second-order valence-electron chi connectivity index (χ2n) is 6.41. The lowest BCUT2D eigenvalue weighted by atomic mass is 9.67.